The van der Waals surface area contributed by atoms with E-state index in [9.17, 15) is 4.39 Å². The molecule has 142 valence electrons. The number of rotatable bonds is 6. The maximum absolute atomic E-state index is 12.3. The van der Waals surface area contributed by atoms with Crippen LogP contribution in [0.4, 0.5) is 4.39 Å². The monoisotopic (exact) mass is 366 g/mol. The number of nitrogens with zero attached hydrogens (tertiary/aromatic N) is 2. The van der Waals surface area contributed by atoms with Gasteiger partial charge in [-0.1, -0.05) is 30.3 Å². The van der Waals surface area contributed by atoms with E-state index in [4.69, 9.17) is 4.74 Å². The second-order valence-corrected chi connectivity index (χ2v) is 7.42. The third-order valence-corrected chi connectivity index (χ3v) is 5.48. The summed E-state index contributed by atoms with van der Waals surface area (Å²) in [5, 5.41) is 0. The van der Waals surface area contributed by atoms with Crippen LogP contribution in [-0.4, -0.2) is 42.3 Å². The molecular weight excluding hydrogens is 339 g/mol. The number of fused-ring (bicyclic) bond motifs is 1. The summed E-state index contributed by atoms with van der Waals surface area (Å²) in [5.41, 5.74) is 5.17. The van der Waals surface area contributed by atoms with E-state index >= 15 is 0 Å². The molecule has 1 aromatic heterocycles. The van der Waals surface area contributed by atoms with Gasteiger partial charge in [0, 0.05) is 37.5 Å². The molecule has 2 heterocycles. The Morgan fingerprint density at radius 2 is 2.11 bits per heavy atom. The summed E-state index contributed by atoms with van der Waals surface area (Å²) in [6, 6.07) is 12.8. The molecule has 0 spiro atoms. The van der Waals surface area contributed by atoms with Crippen LogP contribution >= 0.6 is 0 Å². The lowest BCUT2D eigenvalue weighted by Gasteiger charge is -2.16. The van der Waals surface area contributed by atoms with Gasteiger partial charge in [0.05, 0.1) is 6.67 Å². The highest BCUT2D eigenvalue weighted by molar-refractivity contribution is 5.81. The Labute approximate surface area is 160 Å². The normalized spacial score (nSPS) is 20.0. The molecule has 2 aromatic rings. The summed E-state index contributed by atoms with van der Waals surface area (Å²) in [6.07, 6.45) is 9.42. The van der Waals surface area contributed by atoms with Crippen LogP contribution in [-0.2, 0) is 6.42 Å². The first-order valence-electron chi connectivity index (χ1n) is 10.0. The Morgan fingerprint density at radius 3 is 2.96 bits per heavy atom. The molecule has 1 atom stereocenters. The fourth-order valence-electron chi connectivity index (χ4n) is 4.08. The summed E-state index contributed by atoms with van der Waals surface area (Å²) >= 11 is 0. The molecule has 0 N–H and O–H groups in total. The molecule has 0 saturated carbocycles. The fourth-order valence-corrected chi connectivity index (χ4v) is 4.08. The Bertz CT molecular complexity index is 787. The number of ether oxygens (including phenoxy) is 1. The highest BCUT2D eigenvalue weighted by Crippen LogP contribution is 2.31. The van der Waals surface area contributed by atoms with Crippen molar-refractivity contribution in [3.63, 3.8) is 0 Å². The highest BCUT2D eigenvalue weighted by atomic mass is 19.1. The first kappa shape index (κ1) is 18.2. The third kappa shape index (κ3) is 4.38. The van der Waals surface area contributed by atoms with Crippen LogP contribution in [0.25, 0.3) is 5.57 Å². The summed E-state index contributed by atoms with van der Waals surface area (Å²) in [7, 11) is 0. The van der Waals surface area contributed by atoms with Crippen LogP contribution in [0, 0.1) is 0 Å². The molecule has 4 heteroatoms. The van der Waals surface area contributed by atoms with E-state index in [-0.39, 0.29) is 12.8 Å². The van der Waals surface area contributed by atoms with E-state index in [0.29, 0.717) is 12.3 Å². The minimum absolute atomic E-state index is 0.154. The average molecular weight is 366 g/mol. The number of halogens is 1. The van der Waals surface area contributed by atoms with Crippen LogP contribution in [0.5, 0.6) is 5.88 Å². The first-order valence-corrected chi connectivity index (χ1v) is 10.0. The number of aromatic nitrogens is 1. The molecule has 1 aromatic carbocycles. The Morgan fingerprint density at radius 1 is 1.19 bits per heavy atom. The summed E-state index contributed by atoms with van der Waals surface area (Å²) in [6.45, 7) is 2.41. The number of pyridine rings is 1. The second-order valence-electron chi connectivity index (χ2n) is 7.42. The van der Waals surface area contributed by atoms with Crippen molar-refractivity contribution >= 4 is 5.57 Å². The van der Waals surface area contributed by atoms with Crippen molar-refractivity contribution in [1.82, 2.24) is 9.88 Å². The lowest BCUT2D eigenvalue weighted by Crippen LogP contribution is -2.26. The van der Waals surface area contributed by atoms with Gasteiger partial charge in [-0.05, 0) is 54.9 Å². The van der Waals surface area contributed by atoms with Crippen molar-refractivity contribution < 1.29 is 9.13 Å². The summed E-state index contributed by atoms with van der Waals surface area (Å²) in [4.78, 5) is 6.84. The SMILES string of the molecule is FCCCN1CC[C@H](Oc2ccc(C3=CCCCc4ccccc43)cn2)C1. The van der Waals surface area contributed by atoms with Crippen LogP contribution in [0.15, 0.2) is 48.7 Å². The zero-order chi connectivity index (χ0) is 18.5. The van der Waals surface area contributed by atoms with E-state index in [1.54, 1.807) is 0 Å². The Balaban J connectivity index is 1.43. The zero-order valence-electron chi connectivity index (χ0n) is 15.7. The Kier molecular flexibility index (Phi) is 5.83. The zero-order valence-corrected chi connectivity index (χ0v) is 15.7. The maximum Gasteiger partial charge on any atom is 0.213 e. The van der Waals surface area contributed by atoms with E-state index in [1.807, 2.05) is 12.3 Å². The third-order valence-electron chi connectivity index (χ3n) is 5.48. The van der Waals surface area contributed by atoms with Crippen molar-refractivity contribution in [2.24, 2.45) is 0 Å². The van der Waals surface area contributed by atoms with E-state index in [0.717, 1.165) is 44.5 Å². The number of alkyl halides is 1. The van der Waals surface area contributed by atoms with Gasteiger partial charge in [-0.3, -0.25) is 9.29 Å². The Hall–Kier alpha value is -2.20. The number of benzene rings is 1. The molecule has 1 fully saturated rings. The van der Waals surface area contributed by atoms with E-state index in [2.05, 4.69) is 46.3 Å². The smallest absolute Gasteiger partial charge is 0.213 e. The van der Waals surface area contributed by atoms with Crippen LogP contribution < -0.4 is 4.74 Å². The van der Waals surface area contributed by atoms with Crippen molar-refractivity contribution in [3.05, 3.63) is 65.4 Å². The lowest BCUT2D eigenvalue weighted by molar-refractivity contribution is 0.191. The van der Waals surface area contributed by atoms with Crippen molar-refractivity contribution in [1.29, 1.82) is 0 Å². The van der Waals surface area contributed by atoms with Gasteiger partial charge in [-0.25, -0.2) is 4.98 Å². The maximum atomic E-state index is 12.3. The lowest BCUT2D eigenvalue weighted by atomic mass is 9.95. The minimum atomic E-state index is -0.246. The predicted molar refractivity (Wildman–Crippen MR) is 107 cm³/mol. The van der Waals surface area contributed by atoms with Gasteiger partial charge in [0.1, 0.15) is 6.10 Å². The van der Waals surface area contributed by atoms with Crippen molar-refractivity contribution in [2.45, 2.75) is 38.2 Å². The van der Waals surface area contributed by atoms with Crippen LogP contribution in [0.3, 0.4) is 0 Å². The van der Waals surface area contributed by atoms with Crippen LogP contribution in [0.1, 0.15) is 42.4 Å². The van der Waals surface area contributed by atoms with E-state index in [1.165, 1.54) is 23.1 Å². The topological polar surface area (TPSA) is 25.4 Å². The number of likely N-dealkylation sites (tertiary alicyclic amines) is 1. The number of aryl methyl sites for hydroxylation is 1. The molecule has 27 heavy (non-hydrogen) atoms. The molecule has 1 aliphatic heterocycles. The van der Waals surface area contributed by atoms with Gasteiger partial charge < -0.3 is 4.74 Å². The molecule has 0 bridgehead atoms. The molecular formula is C23H27FN2O. The summed E-state index contributed by atoms with van der Waals surface area (Å²) in [5.74, 6) is 0.679. The van der Waals surface area contributed by atoms with Gasteiger partial charge in [0.15, 0.2) is 0 Å². The predicted octanol–water partition coefficient (Wildman–Crippen LogP) is 4.66. The van der Waals surface area contributed by atoms with Gasteiger partial charge in [-0.2, -0.15) is 0 Å². The molecule has 0 radical (unpaired) electrons. The average Bonchev–Trinajstić information content (AvgIpc) is 3.03. The largest absolute Gasteiger partial charge is 0.473 e. The summed E-state index contributed by atoms with van der Waals surface area (Å²) < 4.78 is 18.4. The fraction of sp³-hybridized carbons (Fsp3) is 0.435. The number of allylic oxidation sites excluding steroid dienone is 1. The van der Waals surface area contributed by atoms with Gasteiger partial charge in [-0.15, -0.1) is 0 Å². The quantitative estimate of drug-likeness (QED) is 0.743. The minimum Gasteiger partial charge on any atom is -0.473 e. The molecule has 1 saturated heterocycles. The molecule has 1 aliphatic carbocycles. The van der Waals surface area contributed by atoms with Gasteiger partial charge in [0.25, 0.3) is 0 Å². The molecule has 3 nitrogen and oxygen atoms in total. The van der Waals surface area contributed by atoms with Crippen molar-refractivity contribution in [3.8, 4) is 5.88 Å². The number of hydrogen-bond donors (Lipinski definition) is 0. The molecule has 4 rings (SSSR count). The molecule has 0 amide bonds. The van der Waals surface area contributed by atoms with Gasteiger partial charge in [0.2, 0.25) is 5.88 Å². The van der Waals surface area contributed by atoms with E-state index < -0.39 is 0 Å². The molecule has 0 unspecified atom stereocenters. The van der Waals surface area contributed by atoms with Gasteiger partial charge >= 0.3 is 0 Å². The highest BCUT2D eigenvalue weighted by Gasteiger charge is 2.24. The standard InChI is InChI=1S/C23H27FN2O/c24-13-5-14-26-15-12-20(17-26)27-23-11-10-19(16-25-23)22-9-4-2-7-18-6-1-3-8-21(18)22/h1,3,6,8-11,16,20H,2,4-5,7,12-15,17H2/t20-/m0/s1. The van der Waals surface area contributed by atoms with Crippen molar-refractivity contribution in [2.75, 3.05) is 26.3 Å². The number of hydrogen-bond acceptors (Lipinski definition) is 3. The van der Waals surface area contributed by atoms with Crippen LogP contribution in [0.2, 0.25) is 0 Å². The first-order chi connectivity index (χ1) is 13.3. The molecule has 2 aliphatic rings. The second kappa shape index (κ2) is 8.66.